The number of anilines is 1. The molecule has 0 radical (unpaired) electrons. The first-order valence-electron chi connectivity index (χ1n) is 15.2. The third-order valence-electron chi connectivity index (χ3n) is 10.1. The lowest BCUT2D eigenvalue weighted by atomic mass is 9.95. The van der Waals surface area contributed by atoms with E-state index in [0.29, 0.717) is 42.6 Å². The summed E-state index contributed by atoms with van der Waals surface area (Å²) in [5, 5.41) is 4.86. The highest BCUT2D eigenvalue weighted by Gasteiger charge is 2.49. The smallest absolute Gasteiger partial charge is 0.319 e. The van der Waals surface area contributed by atoms with Crippen LogP contribution in [-0.2, 0) is 0 Å². The zero-order chi connectivity index (χ0) is 30.4. The lowest BCUT2D eigenvalue weighted by Crippen LogP contribution is -2.58. The third kappa shape index (κ3) is 4.51. The Labute approximate surface area is 257 Å². The van der Waals surface area contributed by atoms with Gasteiger partial charge in [-0.25, -0.2) is 17.6 Å². The average molecular weight is 626 g/mol. The van der Waals surface area contributed by atoms with Gasteiger partial charge in [-0.05, 0) is 74.4 Å². The molecule has 4 aromatic rings. The summed E-state index contributed by atoms with van der Waals surface area (Å²) < 4.78 is 68.3. The van der Waals surface area contributed by atoms with Crippen molar-refractivity contribution in [1.29, 1.82) is 0 Å². The van der Waals surface area contributed by atoms with E-state index in [1.165, 1.54) is 12.1 Å². The molecule has 0 saturated carbocycles. The molecular formula is C33H32ClF4N5O. The fourth-order valence-electron chi connectivity index (χ4n) is 8.21. The van der Waals surface area contributed by atoms with Crippen LogP contribution in [0.15, 0.2) is 36.4 Å². The number of hydrogen-bond donors (Lipinski definition) is 1. The fraction of sp³-hybridized carbons (Fsp3) is 0.455. The first kappa shape index (κ1) is 28.3. The summed E-state index contributed by atoms with van der Waals surface area (Å²) in [5.74, 6) is -2.08. The van der Waals surface area contributed by atoms with Crippen LogP contribution in [0.4, 0.5) is 23.4 Å². The van der Waals surface area contributed by atoms with Crippen molar-refractivity contribution in [2.75, 3.05) is 37.7 Å². The second kappa shape index (κ2) is 10.2. The van der Waals surface area contributed by atoms with E-state index in [-0.39, 0.29) is 45.7 Å². The molecule has 3 aromatic carbocycles. The Balaban J connectivity index is 1.29. The molecule has 4 fully saturated rings. The van der Waals surface area contributed by atoms with Gasteiger partial charge in [-0.15, -0.1) is 0 Å². The van der Waals surface area contributed by atoms with E-state index < -0.39 is 34.7 Å². The van der Waals surface area contributed by atoms with Crippen LogP contribution in [0.2, 0.25) is 5.02 Å². The van der Waals surface area contributed by atoms with E-state index in [2.05, 4.69) is 22.1 Å². The molecule has 0 amide bonds. The highest BCUT2D eigenvalue weighted by atomic mass is 35.5. The van der Waals surface area contributed by atoms with Crippen LogP contribution in [-0.4, -0.2) is 70.9 Å². The molecule has 0 aliphatic carbocycles. The molecule has 4 aliphatic rings. The largest absolute Gasteiger partial charge is 0.461 e. The molecule has 4 atom stereocenters. The topological polar surface area (TPSA) is 53.5 Å². The maximum Gasteiger partial charge on any atom is 0.319 e. The maximum absolute atomic E-state index is 16.7. The van der Waals surface area contributed by atoms with E-state index >= 15 is 8.78 Å². The molecule has 8 rings (SSSR count). The first-order chi connectivity index (χ1) is 21.1. The van der Waals surface area contributed by atoms with E-state index in [0.717, 1.165) is 38.3 Å². The summed E-state index contributed by atoms with van der Waals surface area (Å²) in [4.78, 5) is 13.4. The van der Waals surface area contributed by atoms with Crippen molar-refractivity contribution in [1.82, 2.24) is 20.2 Å². The average Bonchev–Trinajstić information content (AvgIpc) is 3.59. The maximum atomic E-state index is 16.7. The molecule has 2 bridgehead atoms. The number of nitrogens with one attached hydrogen (secondary N) is 1. The van der Waals surface area contributed by atoms with Crippen LogP contribution in [0.5, 0.6) is 6.01 Å². The van der Waals surface area contributed by atoms with Crippen LogP contribution in [0.25, 0.3) is 32.8 Å². The molecule has 4 aliphatic heterocycles. The Morgan fingerprint density at radius 2 is 1.98 bits per heavy atom. The lowest BCUT2D eigenvalue weighted by Gasteiger charge is -2.40. The van der Waals surface area contributed by atoms with Gasteiger partial charge in [0.25, 0.3) is 0 Å². The van der Waals surface area contributed by atoms with Gasteiger partial charge in [-0.3, -0.25) is 4.90 Å². The van der Waals surface area contributed by atoms with E-state index in [4.69, 9.17) is 21.3 Å². The van der Waals surface area contributed by atoms with Crippen molar-refractivity contribution in [2.45, 2.75) is 62.3 Å². The number of nitrogens with zero attached hydrogens (tertiary/aromatic N) is 4. The zero-order valence-electron chi connectivity index (χ0n) is 24.3. The van der Waals surface area contributed by atoms with Gasteiger partial charge in [-0.1, -0.05) is 23.7 Å². The molecule has 5 heterocycles. The number of ether oxygens (including phenoxy) is 1. The fourth-order valence-corrected chi connectivity index (χ4v) is 8.49. The highest BCUT2D eigenvalue weighted by Crippen LogP contribution is 2.43. The standard InChI is InChI=1S/C33H32ClF4N5O/c1-32-8-6-21(41-32)15-42(16-32)30-23-12-25(37)27(22-11-19(35)10-18-4-2-5-24(34)26(18)22)28(38)29(23)39-31(40-30)44-17-33-7-3-9-43(33)14-20(36)13-33/h2,4-5,10-12,20-21,41H,3,6-9,13-17H2,1H3/t20-,21-,32+,33+/m1/s1. The third-order valence-corrected chi connectivity index (χ3v) is 10.4. The number of hydrogen-bond acceptors (Lipinski definition) is 6. The van der Waals surface area contributed by atoms with Crippen molar-refractivity contribution >= 4 is 39.1 Å². The van der Waals surface area contributed by atoms with Crippen LogP contribution < -0.4 is 15.0 Å². The van der Waals surface area contributed by atoms with Gasteiger partial charge in [0.15, 0.2) is 5.82 Å². The zero-order valence-corrected chi connectivity index (χ0v) is 25.0. The van der Waals surface area contributed by atoms with Crippen LogP contribution in [0, 0.1) is 17.5 Å². The van der Waals surface area contributed by atoms with Crippen LogP contribution >= 0.6 is 11.6 Å². The highest BCUT2D eigenvalue weighted by molar-refractivity contribution is 6.36. The Hall–Kier alpha value is -3.21. The molecule has 44 heavy (non-hydrogen) atoms. The molecular weight excluding hydrogens is 594 g/mol. The molecule has 1 aromatic heterocycles. The van der Waals surface area contributed by atoms with Gasteiger partial charge in [-0.2, -0.15) is 9.97 Å². The van der Waals surface area contributed by atoms with Crippen molar-refractivity contribution in [3.63, 3.8) is 0 Å². The molecule has 230 valence electrons. The summed E-state index contributed by atoms with van der Waals surface area (Å²) in [7, 11) is 0. The summed E-state index contributed by atoms with van der Waals surface area (Å²) in [6.45, 7) is 4.67. The molecule has 0 unspecified atom stereocenters. The number of alkyl halides is 1. The molecule has 0 spiro atoms. The van der Waals surface area contributed by atoms with Gasteiger partial charge in [0.05, 0.1) is 11.1 Å². The Kier molecular flexibility index (Phi) is 6.52. The van der Waals surface area contributed by atoms with Crippen molar-refractivity contribution < 1.29 is 22.3 Å². The molecule has 4 saturated heterocycles. The number of piperazine rings is 1. The number of benzene rings is 3. The van der Waals surface area contributed by atoms with Gasteiger partial charge in [0.2, 0.25) is 0 Å². The molecule has 1 N–H and O–H groups in total. The number of aromatic nitrogens is 2. The Bertz CT molecular complexity index is 1830. The van der Waals surface area contributed by atoms with Crippen molar-refractivity contribution in [2.24, 2.45) is 0 Å². The summed E-state index contributed by atoms with van der Waals surface area (Å²) in [5.41, 5.74) is -1.17. The van der Waals surface area contributed by atoms with E-state index in [9.17, 15) is 8.78 Å². The predicted octanol–water partition coefficient (Wildman–Crippen LogP) is 6.81. The Morgan fingerprint density at radius 1 is 1.11 bits per heavy atom. The minimum atomic E-state index is -0.949. The summed E-state index contributed by atoms with van der Waals surface area (Å²) in [6, 6.07) is 8.67. The minimum Gasteiger partial charge on any atom is -0.461 e. The van der Waals surface area contributed by atoms with Crippen molar-refractivity contribution in [3.8, 4) is 17.1 Å². The number of halogens is 5. The minimum absolute atomic E-state index is 0.00158. The number of fused-ring (bicyclic) bond motifs is 5. The van der Waals surface area contributed by atoms with Crippen molar-refractivity contribution in [3.05, 3.63) is 58.9 Å². The Morgan fingerprint density at radius 3 is 2.82 bits per heavy atom. The van der Waals surface area contributed by atoms with Crippen LogP contribution in [0.1, 0.15) is 39.0 Å². The summed E-state index contributed by atoms with van der Waals surface area (Å²) in [6.07, 6.45) is 3.14. The van der Waals surface area contributed by atoms with E-state index in [1.807, 2.05) is 4.90 Å². The first-order valence-corrected chi connectivity index (χ1v) is 15.6. The summed E-state index contributed by atoms with van der Waals surface area (Å²) >= 11 is 6.49. The quantitative estimate of drug-likeness (QED) is 0.246. The monoisotopic (exact) mass is 625 g/mol. The number of rotatable bonds is 5. The normalized spacial score (nSPS) is 28.4. The van der Waals surface area contributed by atoms with Gasteiger partial charge >= 0.3 is 6.01 Å². The predicted molar refractivity (Wildman–Crippen MR) is 163 cm³/mol. The van der Waals surface area contributed by atoms with Gasteiger partial charge in [0.1, 0.15) is 35.7 Å². The second-order valence-electron chi connectivity index (χ2n) is 13.2. The molecule has 11 heteroatoms. The van der Waals surface area contributed by atoms with Gasteiger partial charge < -0.3 is 15.0 Å². The van der Waals surface area contributed by atoms with Crippen LogP contribution in [0.3, 0.4) is 0 Å². The molecule has 6 nitrogen and oxygen atoms in total. The van der Waals surface area contributed by atoms with E-state index in [1.54, 1.807) is 18.2 Å². The second-order valence-corrected chi connectivity index (χ2v) is 13.7. The SMILES string of the molecule is C[C@]12CC[C@H](CN(c3nc(OC[C@@]45CCCN4C[C@H](F)C5)nc4c(F)c(-c5cc(F)cc6cccc(Cl)c56)c(F)cc34)C1)N2. The lowest BCUT2D eigenvalue weighted by molar-refractivity contribution is 0.107. The van der Waals surface area contributed by atoms with Gasteiger partial charge in [0, 0.05) is 53.4 Å².